The quantitative estimate of drug-likeness (QED) is 0.337. The molecule has 3 aliphatic heterocycles. The van der Waals surface area contributed by atoms with Crippen molar-refractivity contribution >= 4 is 36.1 Å². The summed E-state index contributed by atoms with van der Waals surface area (Å²) in [7, 11) is -0.447. The SMILES string of the molecule is CCOB1OC(C)(C)c2nc(Nc3ncc(C4=NC5(CCOCC5)CO4)c(N[C@H](CO)c4ccccc4)n3)ccc21. The molecule has 1 saturated heterocycles. The number of hydrogen-bond acceptors (Lipinski definition) is 11. The molecule has 0 unspecified atom stereocenters. The summed E-state index contributed by atoms with van der Waals surface area (Å²) in [4.78, 5) is 19.2. The Morgan fingerprint density at radius 1 is 1.10 bits per heavy atom. The third kappa shape index (κ3) is 5.65. The van der Waals surface area contributed by atoms with Gasteiger partial charge >= 0.3 is 7.12 Å². The van der Waals surface area contributed by atoms with E-state index in [1.165, 1.54) is 0 Å². The van der Waals surface area contributed by atoms with E-state index in [0.29, 0.717) is 55.5 Å². The molecule has 3 N–H and O–H groups in total. The average Bonchev–Trinajstić information content (AvgIpc) is 3.50. The summed E-state index contributed by atoms with van der Waals surface area (Å²) in [6.07, 6.45) is 3.30. The molecule has 41 heavy (non-hydrogen) atoms. The summed E-state index contributed by atoms with van der Waals surface area (Å²) in [5.41, 5.74) is 2.37. The molecule has 5 heterocycles. The van der Waals surface area contributed by atoms with Gasteiger partial charge in [-0.15, -0.1) is 0 Å². The maximum atomic E-state index is 10.3. The molecule has 2 aromatic heterocycles. The predicted octanol–water partition coefficient (Wildman–Crippen LogP) is 3.08. The zero-order chi connectivity index (χ0) is 28.5. The van der Waals surface area contributed by atoms with Gasteiger partial charge in [0.2, 0.25) is 11.8 Å². The fraction of sp³-hybridized carbons (Fsp3) is 0.448. The maximum Gasteiger partial charge on any atom is 0.496 e. The van der Waals surface area contributed by atoms with Crippen LogP contribution in [0.4, 0.5) is 17.6 Å². The number of nitrogens with zero attached hydrogens (tertiary/aromatic N) is 4. The Labute approximate surface area is 239 Å². The van der Waals surface area contributed by atoms with E-state index < -0.39 is 18.8 Å². The lowest BCUT2D eigenvalue weighted by Crippen LogP contribution is -2.35. The van der Waals surface area contributed by atoms with Crippen LogP contribution >= 0.6 is 0 Å². The number of pyridine rings is 1. The molecule has 0 aliphatic carbocycles. The van der Waals surface area contributed by atoms with Gasteiger partial charge in [0, 0.05) is 31.5 Å². The molecule has 3 aromatic rings. The third-order valence-corrected chi connectivity index (χ3v) is 7.66. The van der Waals surface area contributed by atoms with Crippen molar-refractivity contribution in [2.75, 3.05) is 43.7 Å². The Bertz CT molecular complexity index is 1420. The Morgan fingerprint density at radius 2 is 1.90 bits per heavy atom. The molecular formula is C29H35BN6O5. The lowest BCUT2D eigenvalue weighted by Gasteiger charge is -2.28. The van der Waals surface area contributed by atoms with Gasteiger partial charge in [0.05, 0.1) is 29.5 Å². The lowest BCUT2D eigenvalue weighted by atomic mass is 9.80. The number of aliphatic hydroxyl groups is 1. The van der Waals surface area contributed by atoms with Gasteiger partial charge in [0.1, 0.15) is 23.8 Å². The van der Waals surface area contributed by atoms with Gasteiger partial charge < -0.3 is 34.5 Å². The van der Waals surface area contributed by atoms with Crippen LogP contribution in [0.5, 0.6) is 0 Å². The highest BCUT2D eigenvalue weighted by molar-refractivity contribution is 6.63. The van der Waals surface area contributed by atoms with Crippen LogP contribution in [-0.4, -0.2) is 71.6 Å². The van der Waals surface area contributed by atoms with E-state index in [-0.39, 0.29) is 12.1 Å². The summed E-state index contributed by atoms with van der Waals surface area (Å²) in [5.74, 6) is 1.90. The molecule has 11 nitrogen and oxygen atoms in total. The normalized spacial score (nSPS) is 19.4. The second-order valence-corrected chi connectivity index (χ2v) is 11.0. The minimum atomic E-state index is -0.605. The Balaban J connectivity index is 1.32. The number of fused-ring (bicyclic) bond motifs is 1. The first-order chi connectivity index (χ1) is 19.9. The van der Waals surface area contributed by atoms with E-state index in [0.717, 1.165) is 29.6 Å². The monoisotopic (exact) mass is 558 g/mol. The molecule has 3 aliphatic rings. The minimum absolute atomic E-state index is 0.132. The van der Waals surface area contributed by atoms with E-state index in [1.54, 1.807) is 6.20 Å². The summed E-state index contributed by atoms with van der Waals surface area (Å²) < 4.78 is 23.5. The van der Waals surface area contributed by atoms with E-state index in [4.69, 9.17) is 33.7 Å². The van der Waals surface area contributed by atoms with Crippen molar-refractivity contribution in [1.29, 1.82) is 0 Å². The van der Waals surface area contributed by atoms with E-state index in [1.807, 2.05) is 63.2 Å². The zero-order valence-electron chi connectivity index (χ0n) is 23.6. The third-order valence-electron chi connectivity index (χ3n) is 7.66. The van der Waals surface area contributed by atoms with Crippen molar-refractivity contribution < 1.29 is 23.9 Å². The molecule has 0 saturated carbocycles. The fourth-order valence-corrected chi connectivity index (χ4v) is 5.41. The lowest BCUT2D eigenvalue weighted by molar-refractivity contribution is 0.0442. The van der Waals surface area contributed by atoms with Crippen LogP contribution in [0.1, 0.15) is 56.5 Å². The van der Waals surface area contributed by atoms with E-state index in [2.05, 4.69) is 15.6 Å². The summed E-state index contributed by atoms with van der Waals surface area (Å²) >= 11 is 0. The number of hydrogen-bond donors (Lipinski definition) is 3. The molecule has 1 spiro atoms. The number of benzene rings is 1. The van der Waals surface area contributed by atoms with Crippen molar-refractivity contribution in [2.24, 2.45) is 4.99 Å². The van der Waals surface area contributed by atoms with Crippen LogP contribution < -0.4 is 16.1 Å². The van der Waals surface area contributed by atoms with Crippen molar-refractivity contribution in [3.63, 3.8) is 0 Å². The number of nitrogens with one attached hydrogen (secondary N) is 2. The van der Waals surface area contributed by atoms with Gasteiger partial charge in [0.15, 0.2) is 0 Å². The molecule has 12 heteroatoms. The van der Waals surface area contributed by atoms with Crippen LogP contribution in [0, 0.1) is 0 Å². The van der Waals surface area contributed by atoms with Gasteiger partial charge in [-0.25, -0.2) is 15.0 Å². The molecule has 1 aromatic carbocycles. The van der Waals surface area contributed by atoms with Crippen LogP contribution in [0.3, 0.4) is 0 Å². The summed E-state index contributed by atoms with van der Waals surface area (Å²) in [6.45, 7) is 8.10. The second-order valence-electron chi connectivity index (χ2n) is 11.0. The molecule has 6 rings (SSSR count). The van der Waals surface area contributed by atoms with E-state index >= 15 is 0 Å². The van der Waals surface area contributed by atoms with Crippen molar-refractivity contribution in [3.05, 3.63) is 65.5 Å². The predicted molar refractivity (Wildman–Crippen MR) is 156 cm³/mol. The zero-order valence-corrected chi connectivity index (χ0v) is 23.6. The number of aliphatic hydroxyl groups excluding tert-OH is 1. The largest absolute Gasteiger partial charge is 0.496 e. The van der Waals surface area contributed by atoms with Crippen LogP contribution in [0.25, 0.3) is 0 Å². The first kappa shape index (κ1) is 27.6. The molecule has 0 bridgehead atoms. The first-order valence-corrected chi connectivity index (χ1v) is 14.1. The molecular weight excluding hydrogens is 523 g/mol. The van der Waals surface area contributed by atoms with Crippen molar-refractivity contribution in [1.82, 2.24) is 15.0 Å². The fourth-order valence-electron chi connectivity index (χ4n) is 5.41. The Hall–Kier alpha value is -3.58. The first-order valence-electron chi connectivity index (χ1n) is 14.1. The second kappa shape index (κ2) is 11.4. The van der Waals surface area contributed by atoms with E-state index in [9.17, 15) is 5.11 Å². The Kier molecular flexibility index (Phi) is 7.65. The Morgan fingerprint density at radius 3 is 2.66 bits per heavy atom. The van der Waals surface area contributed by atoms with Crippen molar-refractivity contribution in [2.45, 2.75) is 50.8 Å². The average molecular weight is 558 g/mol. The van der Waals surface area contributed by atoms with Crippen LogP contribution in [0.2, 0.25) is 0 Å². The topological polar surface area (TPSA) is 132 Å². The minimum Gasteiger partial charge on any atom is -0.475 e. The summed E-state index contributed by atoms with van der Waals surface area (Å²) in [5, 5.41) is 16.9. The number of rotatable bonds is 9. The number of ether oxygens (including phenoxy) is 2. The van der Waals surface area contributed by atoms with Gasteiger partial charge in [-0.3, -0.25) is 0 Å². The van der Waals surface area contributed by atoms with Gasteiger partial charge in [-0.1, -0.05) is 36.4 Å². The van der Waals surface area contributed by atoms with Gasteiger partial charge in [0.25, 0.3) is 0 Å². The summed E-state index contributed by atoms with van der Waals surface area (Å²) in [6, 6.07) is 13.2. The maximum absolute atomic E-state index is 10.3. The van der Waals surface area contributed by atoms with Crippen LogP contribution in [0.15, 0.2) is 53.7 Å². The van der Waals surface area contributed by atoms with Crippen LogP contribution in [-0.2, 0) is 24.4 Å². The van der Waals surface area contributed by atoms with Gasteiger partial charge in [-0.05, 0) is 45.2 Å². The standard InChI is InChI=1S/C29H35BN6O5/c1-4-40-30-21-10-11-23(33-24(21)28(2,3)41-30)34-27-31-16-20(26-36-29(18-39-26)12-14-38-15-13-29)25(35-27)32-22(17-37)19-8-6-5-7-9-19/h5-11,16,22,37H,4,12-15,17-18H2,1-3H3,(H2,31,32,33,34,35)/t22-/m1/s1. The molecule has 0 amide bonds. The highest BCUT2D eigenvalue weighted by Crippen LogP contribution is 2.34. The molecule has 214 valence electrons. The highest BCUT2D eigenvalue weighted by atomic mass is 16.6. The number of anilines is 3. The molecule has 1 atom stereocenters. The smallest absolute Gasteiger partial charge is 0.475 e. The van der Waals surface area contributed by atoms with Gasteiger partial charge in [-0.2, -0.15) is 4.98 Å². The highest BCUT2D eigenvalue weighted by Gasteiger charge is 2.44. The van der Waals surface area contributed by atoms with Crippen molar-refractivity contribution in [3.8, 4) is 0 Å². The molecule has 0 radical (unpaired) electrons. The molecule has 1 fully saturated rings. The number of aliphatic imine (C=N–C) groups is 1. The number of aromatic nitrogens is 3.